The molecule has 3 heterocycles. The van der Waals surface area contributed by atoms with E-state index >= 15 is 0 Å². The summed E-state index contributed by atoms with van der Waals surface area (Å²) in [5.41, 5.74) is 5.90. The minimum Gasteiger partial charge on any atom is -0.310 e. The van der Waals surface area contributed by atoms with Gasteiger partial charge in [-0.1, -0.05) is 0 Å². The molecule has 0 aromatic carbocycles. The zero-order valence-electron chi connectivity index (χ0n) is 11.1. The van der Waals surface area contributed by atoms with Crippen molar-refractivity contribution in [1.29, 1.82) is 0 Å². The molecule has 2 aromatic heterocycles. The molecule has 0 fully saturated rings. The highest BCUT2D eigenvalue weighted by Gasteiger charge is 2.21. The fourth-order valence-corrected chi connectivity index (χ4v) is 3.15. The molecule has 2 aromatic rings. The van der Waals surface area contributed by atoms with E-state index < -0.39 is 0 Å². The highest BCUT2D eigenvalue weighted by Crippen LogP contribution is 2.32. The molecule has 1 amide bonds. The molecule has 1 aliphatic heterocycles. The van der Waals surface area contributed by atoms with Crippen LogP contribution in [-0.2, 0) is 24.1 Å². The highest BCUT2D eigenvalue weighted by molar-refractivity contribution is 5.98. The van der Waals surface area contributed by atoms with Crippen molar-refractivity contribution in [3.05, 3.63) is 41.3 Å². The van der Waals surface area contributed by atoms with E-state index in [4.69, 9.17) is 0 Å². The Balaban J connectivity index is 1.82. The molecule has 0 saturated heterocycles. The van der Waals surface area contributed by atoms with Crippen molar-refractivity contribution in [2.24, 2.45) is 0 Å². The minimum atomic E-state index is 0.0291. The third kappa shape index (κ3) is 1.80. The summed E-state index contributed by atoms with van der Waals surface area (Å²) in [6.07, 6.45) is 8.79. The van der Waals surface area contributed by atoms with Crippen LogP contribution in [0.25, 0.3) is 11.1 Å². The number of nitrogens with zero attached hydrogens (tertiary/aromatic N) is 2. The summed E-state index contributed by atoms with van der Waals surface area (Å²) in [5, 5.41) is 2.78. The monoisotopic (exact) mass is 265 g/mol. The van der Waals surface area contributed by atoms with Gasteiger partial charge in [0.25, 0.3) is 0 Å². The fraction of sp³-hybridized carbons (Fsp3) is 0.312. The molecule has 1 N–H and O–H groups in total. The molecule has 2 aliphatic rings. The van der Waals surface area contributed by atoms with Gasteiger partial charge in [-0.25, -0.2) is 4.98 Å². The lowest BCUT2D eigenvalue weighted by atomic mass is 9.89. The van der Waals surface area contributed by atoms with Gasteiger partial charge in [-0.2, -0.15) is 0 Å². The molecule has 0 atom stereocenters. The molecule has 0 radical (unpaired) electrons. The molecular weight excluding hydrogens is 250 g/mol. The van der Waals surface area contributed by atoms with Gasteiger partial charge in [-0.3, -0.25) is 9.78 Å². The summed E-state index contributed by atoms with van der Waals surface area (Å²) < 4.78 is 0. The number of fused-ring (bicyclic) bond motifs is 2. The largest absolute Gasteiger partial charge is 0.310 e. The number of hydrogen-bond acceptors (Lipinski definition) is 3. The molecule has 0 unspecified atom stereocenters. The molecule has 0 saturated carbocycles. The van der Waals surface area contributed by atoms with E-state index in [9.17, 15) is 4.79 Å². The van der Waals surface area contributed by atoms with Crippen molar-refractivity contribution < 1.29 is 4.79 Å². The van der Waals surface area contributed by atoms with Gasteiger partial charge in [0.1, 0.15) is 5.82 Å². The summed E-state index contributed by atoms with van der Waals surface area (Å²) in [6, 6.07) is 4.15. The highest BCUT2D eigenvalue weighted by atomic mass is 16.1. The number of aryl methyl sites for hydroxylation is 1. The van der Waals surface area contributed by atoms with Crippen LogP contribution in [0.15, 0.2) is 24.5 Å². The molecule has 0 bridgehead atoms. The Morgan fingerprint density at radius 2 is 2.05 bits per heavy atom. The molecule has 4 nitrogen and oxygen atoms in total. The number of pyridine rings is 2. The maximum absolute atomic E-state index is 11.4. The Hall–Kier alpha value is -2.23. The van der Waals surface area contributed by atoms with Gasteiger partial charge in [0.2, 0.25) is 5.91 Å². The van der Waals surface area contributed by atoms with Crippen LogP contribution in [0.2, 0.25) is 0 Å². The summed E-state index contributed by atoms with van der Waals surface area (Å²) in [6.45, 7) is 0. The number of hydrogen-bond donors (Lipinski definition) is 1. The number of nitrogens with one attached hydrogen (secondary N) is 1. The number of rotatable bonds is 1. The van der Waals surface area contributed by atoms with Crippen LogP contribution < -0.4 is 5.32 Å². The number of anilines is 1. The average molecular weight is 265 g/mol. The van der Waals surface area contributed by atoms with E-state index in [0.29, 0.717) is 12.2 Å². The standard InChI is InChI=1S/C16H15N3O/c20-15-8-10-7-11(9-18-16(10)19-15)12-5-6-17-14-4-2-1-3-13(12)14/h5-7,9H,1-4,8H2,(H,18,19,20). The molecule has 1 aliphatic carbocycles. The fourth-order valence-electron chi connectivity index (χ4n) is 3.15. The van der Waals surface area contributed by atoms with Gasteiger partial charge in [0.05, 0.1) is 6.42 Å². The maximum Gasteiger partial charge on any atom is 0.230 e. The predicted octanol–water partition coefficient (Wildman–Crippen LogP) is 2.52. The van der Waals surface area contributed by atoms with Crippen LogP contribution in [0.4, 0.5) is 5.82 Å². The van der Waals surface area contributed by atoms with Gasteiger partial charge in [0.15, 0.2) is 0 Å². The number of amides is 1. The lowest BCUT2D eigenvalue weighted by molar-refractivity contribution is -0.115. The lowest BCUT2D eigenvalue weighted by Crippen LogP contribution is -2.06. The number of carbonyl (C=O) groups excluding carboxylic acids is 1. The second-order valence-electron chi connectivity index (χ2n) is 5.45. The zero-order valence-corrected chi connectivity index (χ0v) is 11.1. The second-order valence-corrected chi connectivity index (χ2v) is 5.45. The van der Waals surface area contributed by atoms with Crippen molar-refractivity contribution in [3.63, 3.8) is 0 Å². The molecule has 0 spiro atoms. The topological polar surface area (TPSA) is 54.9 Å². The summed E-state index contributed by atoms with van der Waals surface area (Å²) in [4.78, 5) is 20.3. The van der Waals surface area contributed by atoms with Crippen LogP contribution >= 0.6 is 0 Å². The van der Waals surface area contributed by atoms with E-state index in [1.807, 2.05) is 12.4 Å². The van der Waals surface area contributed by atoms with E-state index in [1.54, 1.807) is 0 Å². The van der Waals surface area contributed by atoms with E-state index in [2.05, 4.69) is 27.4 Å². The van der Waals surface area contributed by atoms with Crippen LogP contribution in [0.1, 0.15) is 29.7 Å². The van der Waals surface area contributed by atoms with Crippen molar-refractivity contribution in [1.82, 2.24) is 9.97 Å². The molecule has 100 valence electrons. The first kappa shape index (κ1) is 11.6. The quantitative estimate of drug-likeness (QED) is 0.862. The van der Waals surface area contributed by atoms with Crippen molar-refractivity contribution in [3.8, 4) is 11.1 Å². The molecule has 4 heteroatoms. The smallest absolute Gasteiger partial charge is 0.230 e. The summed E-state index contributed by atoms with van der Waals surface area (Å²) in [5.74, 6) is 0.739. The van der Waals surface area contributed by atoms with Crippen LogP contribution in [-0.4, -0.2) is 15.9 Å². The predicted molar refractivity (Wildman–Crippen MR) is 76.4 cm³/mol. The SMILES string of the molecule is O=C1Cc2cc(-c3ccnc4c3CCCC4)cnc2N1. The molecule has 4 rings (SSSR count). The minimum absolute atomic E-state index is 0.0291. The number of aromatic nitrogens is 2. The van der Waals surface area contributed by atoms with Gasteiger partial charge in [-0.15, -0.1) is 0 Å². The van der Waals surface area contributed by atoms with Crippen molar-refractivity contribution in [2.75, 3.05) is 5.32 Å². The van der Waals surface area contributed by atoms with Gasteiger partial charge < -0.3 is 5.32 Å². The van der Waals surface area contributed by atoms with Gasteiger partial charge >= 0.3 is 0 Å². The molecule has 20 heavy (non-hydrogen) atoms. The second kappa shape index (κ2) is 4.40. The van der Waals surface area contributed by atoms with Crippen LogP contribution in [0.5, 0.6) is 0 Å². The number of carbonyl (C=O) groups is 1. The normalized spacial score (nSPS) is 16.5. The van der Waals surface area contributed by atoms with Crippen molar-refractivity contribution in [2.45, 2.75) is 32.1 Å². The van der Waals surface area contributed by atoms with E-state index in [0.717, 1.165) is 24.0 Å². The first-order chi connectivity index (χ1) is 9.81. The lowest BCUT2D eigenvalue weighted by Gasteiger charge is -2.18. The Morgan fingerprint density at radius 3 is 3.00 bits per heavy atom. The average Bonchev–Trinajstić information content (AvgIpc) is 2.85. The van der Waals surface area contributed by atoms with Crippen LogP contribution in [0, 0.1) is 0 Å². The maximum atomic E-state index is 11.4. The summed E-state index contributed by atoms with van der Waals surface area (Å²) in [7, 11) is 0. The van der Waals surface area contributed by atoms with Gasteiger partial charge in [0, 0.05) is 29.2 Å². The Kier molecular flexibility index (Phi) is 2.55. The van der Waals surface area contributed by atoms with E-state index in [-0.39, 0.29) is 5.91 Å². The zero-order chi connectivity index (χ0) is 13.5. The Morgan fingerprint density at radius 1 is 1.15 bits per heavy atom. The van der Waals surface area contributed by atoms with E-state index in [1.165, 1.54) is 29.7 Å². The first-order valence-electron chi connectivity index (χ1n) is 7.07. The first-order valence-corrected chi connectivity index (χ1v) is 7.07. The Bertz CT molecular complexity index is 709. The van der Waals surface area contributed by atoms with Gasteiger partial charge in [-0.05, 0) is 48.9 Å². The third-order valence-corrected chi connectivity index (χ3v) is 4.12. The molecular formula is C16H15N3O. The van der Waals surface area contributed by atoms with Crippen LogP contribution in [0.3, 0.4) is 0 Å². The van der Waals surface area contributed by atoms with Crippen molar-refractivity contribution >= 4 is 11.7 Å². The Labute approximate surface area is 117 Å². The summed E-state index contributed by atoms with van der Waals surface area (Å²) >= 11 is 0. The third-order valence-electron chi connectivity index (χ3n) is 4.12.